The van der Waals surface area contributed by atoms with E-state index in [-0.39, 0.29) is 42.8 Å². The van der Waals surface area contributed by atoms with Crippen molar-refractivity contribution in [3.05, 3.63) is 57.6 Å². The zero-order valence-electron chi connectivity index (χ0n) is 25.9. The first kappa shape index (κ1) is 34.8. The summed E-state index contributed by atoms with van der Waals surface area (Å²) in [6, 6.07) is 7.36. The van der Waals surface area contributed by atoms with Crippen molar-refractivity contribution >= 4 is 66.9 Å². The summed E-state index contributed by atoms with van der Waals surface area (Å²) in [4.78, 5) is 70.5. The van der Waals surface area contributed by atoms with Gasteiger partial charge in [-0.25, -0.2) is 13.2 Å². The zero-order valence-corrected chi connectivity index (χ0v) is 28.3. The number of primary amides is 1. The fraction of sp³-hybridized carbons (Fsp3) is 0.419. The average Bonchev–Trinajstić information content (AvgIpc) is 3.27. The lowest BCUT2D eigenvalue weighted by Gasteiger charge is -2.27. The van der Waals surface area contributed by atoms with Crippen molar-refractivity contribution in [2.24, 2.45) is 10.7 Å². The second-order valence-electron chi connectivity index (χ2n) is 12.2. The van der Waals surface area contributed by atoms with Crippen LogP contribution in [0.2, 0.25) is 0 Å². The van der Waals surface area contributed by atoms with Gasteiger partial charge in [0, 0.05) is 30.1 Å². The summed E-state index contributed by atoms with van der Waals surface area (Å²) in [5.74, 6) is -2.54. The van der Waals surface area contributed by atoms with Gasteiger partial charge in [-0.2, -0.15) is 4.99 Å². The Balaban J connectivity index is 1.57. The van der Waals surface area contributed by atoms with Crippen LogP contribution in [0.5, 0.6) is 0 Å². The maximum Gasteiger partial charge on any atom is 0.434 e. The van der Waals surface area contributed by atoms with Crippen molar-refractivity contribution in [2.75, 3.05) is 11.2 Å². The number of aliphatic imine (C=N–C) groups is 1. The number of sulfone groups is 1. The molecule has 0 aromatic heterocycles. The lowest BCUT2D eigenvalue weighted by molar-refractivity contribution is -0.130. The van der Waals surface area contributed by atoms with Crippen LogP contribution in [0.15, 0.2) is 50.8 Å². The first-order valence-electron chi connectivity index (χ1n) is 14.5. The van der Waals surface area contributed by atoms with E-state index in [1.165, 1.54) is 17.0 Å². The molecule has 13 nitrogen and oxygen atoms in total. The average molecular weight is 719 g/mol. The van der Waals surface area contributed by atoms with Crippen LogP contribution in [0.1, 0.15) is 56.7 Å². The number of anilines is 1. The van der Waals surface area contributed by atoms with Crippen LogP contribution in [-0.2, 0) is 53.1 Å². The van der Waals surface area contributed by atoms with Crippen LogP contribution in [-0.4, -0.2) is 67.8 Å². The minimum atomic E-state index is -3.39. The van der Waals surface area contributed by atoms with Crippen molar-refractivity contribution in [1.29, 1.82) is 0 Å². The molecule has 2 aromatic rings. The second kappa shape index (κ2) is 13.7. The number of hydrogen-bond donors (Lipinski definition) is 3. The lowest BCUT2D eigenvalue weighted by Crippen LogP contribution is -2.55. The third-order valence-electron chi connectivity index (χ3n) is 7.35. The van der Waals surface area contributed by atoms with E-state index in [4.69, 9.17) is 10.5 Å². The molecule has 2 aliphatic rings. The minimum absolute atomic E-state index is 0.0210. The fourth-order valence-electron chi connectivity index (χ4n) is 5.27. The second-order valence-corrected chi connectivity index (χ2v) is 15.1. The highest BCUT2D eigenvalue weighted by Gasteiger charge is 2.44. The lowest BCUT2D eigenvalue weighted by atomic mass is 10.0. The van der Waals surface area contributed by atoms with Gasteiger partial charge < -0.3 is 21.1 Å². The highest BCUT2D eigenvalue weighted by atomic mass is 79.9. The quantitative estimate of drug-likeness (QED) is 0.352. The number of halogens is 1. The SMILES string of the molecule is CC(C)(C)OC(=O)/N=C1\CCc2cc(Br)cc3c2N(C1=O)[C@H](C(=O)N[C@@H](CCC(N)=O)C(=O)NCc1ccc(S(C)(=O)=O)cc1)C3. The van der Waals surface area contributed by atoms with Crippen molar-refractivity contribution in [3.63, 3.8) is 0 Å². The van der Waals surface area contributed by atoms with Crippen LogP contribution in [0.25, 0.3) is 0 Å². The molecule has 0 saturated heterocycles. The third-order valence-corrected chi connectivity index (χ3v) is 8.93. The molecule has 0 aliphatic carbocycles. The molecule has 0 unspecified atom stereocenters. The number of hydrogen-bond acceptors (Lipinski definition) is 8. The predicted octanol–water partition coefficient (Wildman–Crippen LogP) is 2.50. The van der Waals surface area contributed by atoms with E-state index in [9.17, 15) is 32.4 Å². The van der Waals surface area contributed by atoms with Crippen LogP contribution < -0.4 is 21.3 Å². The van der Waals surface area contributed by atoms with Crippen LogP contribution in [0.4, 0.5) is 10.5 Å². The number of aryl methyl sites for hydroxylation is 1. The van der Waals surface area contributed by atoms with E-state index in [0.717, 1.165) is 21.9 Å². The van der Waals surface area contributed by atoms with E-state index in [0.29, 0.717) is 17.7 Å². The summed E-state index contributed by atoms with van der Waals surface area (Å²) < 4.78 is 29.5. The summed E-state index contributed by atoms with van der Waals surface area (Å²) in [6.45, 7) is 5.06. The molecule has 0 spiro atoms. The molecule has 2 aliphatic heterocycles. The molecule has 4 rings (SSSR count). The Bertz CT molecular complexity index is 1720. The van der Waals surface area contributed by atoms with Gasteiger partial charge in [0.05, 0.1) is 10.6 Å². The summed E-state index contributed by atoms with van der Waals surface area (Å²) >= 11 is 3.50. The summed E-state index contributed by atoms with van der Waals surface area (Å²) in [6.07, 6.45) is 0.531. The molecule has 4 N–H and O–H groups in total. The molecule has 0 fully saturated rings. The van der Waals surface area contributed by atoms with E-state index < -0.39 is 57.2 Å². The number of nitrogens with one attached hydrogen (secondary N) is 2. The van der Waals surface area contributed by atoms with Crippen molar-refractivity contribution in [3.8, 4) is 0 Å². The fourth-order valence-corrected chi connectivity index (χ4v) is 6.45. The molecule has 2 aromatic carbocycles. The van der Waals surface area contributed by atoms with E-state index in [1.807, 2.05) is 12.1 Å². The molecule has 0 radical (unpaired) electrons. The Hall–Kier alpha value is -4.11. The number of benzene rings is 2. The zero-order chi connectivity index (χ0) is 34.0. The van der Waals surface area contributed by atoms with E-state index in [1.54, 1.807) is 32.9 Å². The number of amides is 5. The Morgan fingerprint density at radius 2 is 1.76 bits per heavy atom. The van der Waals surface area contributed by atoms with Crippen LogP contribution in [0, 0.1) is 0 Å². The van der Waals surface area contributed by atoms with E-state index in [2.05, 4.69) is 31.6 Å². The Morgan fingerprint density at radius 3 is 2.37 bits per heavy atom. The molecule has 46 heavy (non-hydrogen) atoms. The molecule has 2 heterocycles. The van der Waals surface area contributed by atoms with Gasteiger partial charge in [-0.3, -0.25) is 24.1 Å². The number of ether oxygens (including phenoxy) is 1. The summed E-state index contributed by atoms with van der Waals surface area (Å²) in [5.41, 5.74) is 7.13. The summed E-state index contributed by atoms with van der Waals surface area (Å²) in [5, 5.41) is 5.39. The molecule has 15 heteroatoms. The van der Waals surface area contributed by atoms with Crippen molar-refractivity contribution in [2.45, 2.75) is 82.0 Å². The molecule has 0 bridgehead atoms. The van der Waals surface area contributed by atoms with Crippen LogP contribution in [0.3, 0.4) is 0 Å². The normalized spacial score (nSPS) is 17.6. The Kier molecular flexibility index (Phi) is 10.4. The molecule has 0 saturated carbocycles. The highest BCUT2D eigenvalue weighted by molar-refractivity contribution is 9.10. The number of nitrogens with two attached hydrogens (primary N) is 1. The monoisotopic (exact) mass is 717 g/mol. The van der Waals surface area contributed by atoms with Gasteiger partial charge in [0.25, 0.3) is 5.91 Å². The topological polar surface area (TPSA) is 194 Å². The highest BCUT2D eigenvalue weighted by Crippen LogP contribution is 2.40. The number of carbonyl (C=O) groups is 5. The van der Waals surface area contributed by atoms with Gasteiger partial charge in [0.1, 0.15) is 23.4 Å². The standard InChI is InChI=1S/C31H36BrN5O8S/c1-31(2,3)45-30(42)36-23-10-7-18-13-20(32)14-19-15-24(37(26(18)19)29(23)41)28(40)35-22(11-12-25(33)38)27(39)34-16-17-5-8-21(9-6-17)46(4,43)44/h5-6,8-9,13-14,22,24H,7,10-12,15-16H2,1-4H3,(H2,33,38)(H,34,39)(H,35,40)/b36-23+/t22-,24-/m0/s1. The molecular formula is C31H36BrN5O8S. The predicted molar refractivity (Wildman–Crippen MR) is 173 cm³/mol. The van der Waals surface area contributed by atoms with Gasteiger partial charge in [0.2, 0.25) is 17.7 Å². The van der Waals surface area contributed by atoms with Crippen LogP contribution >= 0.6 is 15.9 Å². The Labute approximate surface area is 275 Å². The smallest absolute Gasteiger partial charge is 0.434 e. The maximum atomic E-state index is 13.9. The van der Waals surface area contributed by atoms with Gasteiger partial charge in [-0.05, 0) is 81.0 Å². The Morgan fingerprint density at radius 1 is 1.11 bits per heavy atom. The largest absolute Gasteiger partial charge is 0.442 e. The molecule has 5 amide bonds. The first-order valence-corrected chi connectivity index (χ1v) is 17.2. The van der Waals surface area contributed by atoms with Gasteiger partial charge in [-0.1, -0.05) is 28.1 Å². The number of rotatable bonds is 9. The number of nitrogens with zero attached hydrogens (tertiary/aromatic N) is 2. The number of carbonyl (C=O) groups excluding carboxylic acids is 5. The van der Waals surface area contributed by atoms with Gasteiger partial charge in [0.15, 0.2) is 9.84 Å². The van der Waals surface area contributed by atoms with Gasteiger partial charge >= 0.3 is 6.09 Å². The first-order chi connectivity index (χ1) is 21.4. The minimum Gasteiger partial charge on any atom is -0.442 e. The molecular weight excluding hydrogens is 682 g/mol. The maximum absolute atomic E-state index is 13.9. The van der Waals surface area contributed by atoms with E-state index >= 15 is 0 Å². The van der Waals surface area contributed by atoms with Crippen molar-refractivity contribution < 1.29 is 37.1 Å². The van der Waals surface area contributed by atoms with Gasteiger partial charge in [-0.15, -0.1) is 0 Å². The molecule has 246 valence electrons. The van der Waals surface area contributed by atoms with Crippen molar-refractivity contribution in [1.82, 2.24) is 10.6 Å². The molecule has 2 atom stereocenters. The summed E-state index contributed by atoms with van der Waals surface area (Å²) in [7, 11) is -3.39. The third kappa shape index (κ3) is 8.57.